The molecule has 4 rings (SSSR count). The van der Waals surface area contributed by atoms with Gasteiger partial charge < -0.3 is 20.6 Å². The number of aliphatic hydroxyl groups is 3. The molecule has 2 aromatic carbocycles. The fraction of sp³-hybridized carbons (Fsp3) is 0.469. The van der Waals surface area contributed by atoms with Crippen molar-refractivity contribution in [3.63, 3.8) is 0 Å². The summed E-state index contributed by atoms with van der Waals surface area (Å²) in [6, 6.07) is 20.7. The molecular weight excluding hydrogens is 462 g/mol. The van der Waals surface area contributed by atoms with Crippen LogP contribution in [0.5, 0.6) is 0 Å². The highest BCUT2D eigenvalue weighted by atomic mass is 16.3. The van der Waals surface area contributed by atoms with Gasteiger partial charge in [-0.3, -0.25) is 4.79 Å². The summed E-state index contributed by atoms with van der Waals surface area (Å²) in [6.07, 6.45) is 11.6. The van der Waals surface area contributed by atoms with Crippen LogP contribution in [-0.2, 0) is 11.2 Å². The molecule has 2 aromatic rings. The summed E-state index contributed by atoms with van der Waals surface area (Å²) in [4.78, 5) is 12.3. The first-order chi connectivity index (χ1) is 18.0. The minimum Gasteiger partial charge on any atom is -0.393 e. The molecule has 198 valence electrons. The van der Waals surface area contributed by atoms with E-state index in [1.165, 1.54) is 11.1 Å². The number of carbonyl (C=O) groups excluding carboxylic acids is 1. The molecule has 0 radical (unpaired) electrons. The van der Waals surface area contributed by atoms with Gasteiger partial charge in [-0.2, -0.15) is 0 Å². The van der Waals surface area contributed by atoms with E-state index in [0.717, 1.165) is 25.7 Å². The average Bonchev–Trinajstić information content (AvgIpc) is 3.62. The normalized spacial score (nSPS) is 28.1. The van der Waals surface area contributed by atoms with Crippen LogP contribution in [0.25, 0.3) is 0 Å². The smallest absolute Gasteiger partial charge is 0.220 e. The van der Waals surface area contributed by atoms with Crippen LogP contribution < -0.4 is 5.32 Å². The van der Waals surface area contributed by atoms with Crippen molar-refractivity contribution in [3.05, 3.63) is 96.1 Å². The number of unbranched alkanes of at least 4 members (excludes halogenated alkanes) is 1. The number of aryl methyl sites for hydroxylation is 1. The van der Waals surface area contributed by atoms with Crippen molar-refractivity contribution in [2.24, 2.45) is 11.8 Å². The summed E-state index contributed by atoms with van der Waals surface area (Å²) in [5, 5.41) is 34.5. The Morgan fingerprint density at radius 1 is 0.973 bits per heavy atom. The van der Waals surface area contributed by atoms with Gasteiger partial charge in [0.05, 0.1) is 18.3 Å². The Hall–Kier alpha value is -2.73. The van der Waals surface area contributed by atoms with Crippen molar-refractivity contribution >= 4 is 5.91 Å². The number of benzene rings is 2. The highest BCUT2D eigenvalue weighted by molar-refractivity contribution is 5.76. The van der Waals surface area contributed by atoms with Gasteiger partial charge in [-0.1, -0.05) is 85.0 Å². The Kier molecular flexibility index (Phi) is 10.1. The van der Waals surface area contributed by atoms with Crippen molar-refractivity contribution < 1.29 is 20.1 Å². The number of rotatable bonds is 13. The van der Waals surface area contributed by atoms with Crippen LogP contribution in [0.15, 0.2) is 85.0 Å². The van der Waals surface area contributed by atoms with Crippen LogP contribution in [0.2, 0.25) is 0 Å². The van der Waals surface area contributed by atoms with E-state index in [9.17, 15) is 20.1 Å². The van der Waals surface area contributed by atoms with Gasteiger partial charge in [0.25, 0.3) is 0 Å². The van der Waals surface area contributed by atoms with Gasteiger partial charge in [0, 0.05) is 30.7 Å². The van der Waals surface area contributed by atoms with E-state index in [2.05, 4.69) is 41.7 Å². The molecule has 2 aliphatic rings. The van der Waals surface area contributed by atoms with Gasteiger partial charge in [-0.05, 0) is 55.6 Å². The lowest BCUT2D eigenvalue weighted by Gasteiger charge is -2.19. The molecule has 2 fully saturated rings. The van der Waals surface area contributed by atoms with E-state index in [0.29, 0.717) is 31.6 Å². The van der Waals surface area contributed by atoms with E-state index in [1.54, 1.807) is 6.08 Å². The van der Waals surface area contributed by atoms with E-state index in [4.69, 9.17) is 0 Å². The van der Waals surface area contributed by atoms with E-state index < -0.39 is 18.3 Å². The van der Waals surface area contributed by atoms with Crippen molar-refractivity contribution in [2.45, 2.75) is 81.6 Å². The van der Waals surface area contributed by atoms with Crippen LogP contribution in [0.4, 0.5) is 0 Å². The fourth-order valence-electron chi connectivity index (χ4n) is 5.47. The minimum atomic E-state index is -0.600. The van der Waals surface area contributed by atoms with E-state index in [-0.39, 0.29) is 23.8 Å². The molecule has 2 saturated carbocycles. The standard InChI is InChI=1S/C32H41NO4/c34-25(18-17-23-11-5-3-6-12-23)19-20-27-26(30(35)22-31(27)36)15-9-1-2-10-16-32(37)33-29-21-28(29)24-13-7-4-8-14-24/h1,3-9,11-14,19-20,25-31,34-36H,2,10,15-18,21-22H2,(H,33,37)/t25-,26+,27+,28?,29?,30-,31+/m0/s1. The molecule has 0 bridgehead atoms. The summed E-state index contributed by atoms with van der Waals surface area (Å²) < 4.78 is 0. The minimum absolute atomic E-state index is 0.0723. The molecule has 0 aliphatic heterocycles. The molecule has 4 N–H and O–H groups in total. The second-order valence-corrected chi connectivity index (χ2v) is 10.6. The molecule has 2 aliphatic carbocycles. The summed E-state index contributed by atoms with van der Waals surface area (Å²) in [5.74, 6) is 0.317. The largest absolute Gasteiger partial charge is 0.393 e. The molecule has 5 nitrogen and oxygen atoms in total. The molecule has 0 spiro atoms. The van der Waals surface area contributed by atoms with Gasteiger partial charge in [-0.25, -0.2) is 0 Å². The Balaban J connectivity index is 1.14. The molecule has 5 heteroatoms. The number of amides is 1. The average molecular weight is 504 g/mol. The summed E-state index contributed by atoms with van der Waals surface area (Å²) in [5.41, 5.74) is 2.49. The second kappa shape index (κ2) is 13.7. The predicted molar refractivity (Wildman–Crippen MR) is 147 cm³/mol. The summed E-state index contributed by atoms with van der Waals surface area (Å²) in [6.45, 7) is 0. The Labute approximate surface area is 220 Å². The lowest BCUT2D eigenvalue weighted by Crippen LogP contribution is -2.26. The Morgan fingerprint density at radius 2 is 1.70 bits per heavy atom. The number of allylic oxidation sites excluding steroid dienone is 2. The van der Waals surface area contributed by atoms with Crippen molar-refractivity contribution in [1.82, 2.24) is 5.32 Å². The van der Waals surface area contributed by atoms with E-state index in [1.807, 2.05) is 42.5 Å². The summed E-state index contributed by atoms with van der Waals surface area (Å²) in [7, 11) is 0. The maximum Gasteiger partial charge on any atom is 0.220 e. The van der Waals surface area contributed by atoms with Gasteiger partial charge in [0.15, 0.2) is 0 Å². The number of carbonyl (C=O) groups is 1. The maximum absolute atomic E-state index is 12.3. The molecule has 0 saturated heterocycles. The monoisotopic (exact) mass is 503 g/mol. The predicted octanol–water partition coefficient (Wildman–Crippen LogP) is 4.68. The quantitative estimate of drug-likeness (QED) is 0.236. The van der Waals surface area contributed by atoms with Gasteiger partial charge in [-0.15, -0.1) is 0 Å². The first-order valence-corrected chi connectivity index (χ1v) is 13.8. The highest BCUT2D eigenvalue weighted by Crippen LogP contribution is 2.40. The number of aliphatic hydroxyl groups excluding tert-OH is 3. The van der Waals surface area contributed by atoms with E-state index >= 15 is 0 Å². The first kappa shape index (κ1) is 27.3. The number of hydrogen-bond donors (Lipinski definition) is 4. The molecule has 2 unspecified atom stereocenters. The van der Waals surface area contributed by atoms with Crippen molar-refractivity contribution in [3.8, 4) is 0 Å². The van der Waals surface area contributed by atoms with Crippen molar-refractivity contribution in [1.29, 1.82) is 0 Å². The zero-order chi connectivity index (χ0) is 26.0. The first-order valence-electron chi connectivity index (χ1n) is 13.8. The summed E-state index contributed by atoms with van der Waals surface area (Å²) >= 11 is 0. The highest BCUT2D eigenvalue weighted by Gasteiger charge is 2.40. The Bertz CT molecular complexity index is 1020. The van der Waals surface area contributed by atoms with Crippen LogP contribution in [0.3, 0.4) is 0 Å². The second-order valence-electron chi connectivity index (χ2n) is 10.6. The molecule has 37 heavy (non-hydrogen) atoms. The van der Waals surface area contributed by atoms with Gasteiger partial charge in [0.2, 0.25) is 5.91 Å². The zero-order valence-electron chi connectivity index (χ0n) is 21.5. The number of nitrogens with one attached hydrogen (secondary N) is 1. The van der Waals surface area contributed by atoms with Crippen LogP contribution in [0, 0.1) is 11.8 Å². The van der Waals surface area contributed by atoms with Crippen molar-refractivity contribution in [2.75, 3.05) is 0 Å². The lowest BCUT2D eigenvalue weighted by molar-refractivity contribution is -0.121. The van der Waals surface area contributed by atoms with Crippen LogP contribution >= 0.6 is 0 Å². The fourth-order valence-corrected chi connectivity index (χ4v) is 5.47. The molecular formula is C32H41NO4. The zero-order valence-corrected chi connectivity index (χ0v) is 21.5. The topological polar surface area (TPSA) is 89.8 Å². The molecule has 7 atom stereocenters. The van der Waals surface area contributed by atoms with Gasteiger partial charge in [0.1, 0.15) is 0 Å². The van der Waals surface area contributed by atoms with Crippen LogP contribution in [-0.4, -0.2) is 45.6 Å². The SMILES string of the molecule is O=C(CCCC=CC[C@@H]1[C@@H](C=C[C@@H](O)CCc2ccccc2)[C@H](O)C[C@@H]1O)NC1CC1c1ccccc1. The number of hydrogen-bond acceptors (Lipinski definition) is 4. The van der Waals surface area contributed by atoms with Gasteiger partial charge >= 0.3 is 0 Å². The molecule has 0 aromatic heterocycles. The maximum atomic E-state index is 12.3. The Morgan fingerprint density at radius 3 is 2.46 bits per heavy atom. The third-order valence-corrected chi connectivity index (χ3v) is 7.76. The molecule has 0 heterocycles. The third kappa shape index (κ3) is 8.39. The third-order valence-electron chi connectivity index (χ3n) is 7.76. The van der Waals surface area contributed by atoms with Crippen LogP contribution in [0.1, 0.15) is 62.0 Å². The molecule has 1 amide bonds. The lowest BCUT2D eigenvalue weighted by atomic mass is 9.89.